The quantitative estimate of drug-likeness (QED) is 0.626. The molecular formula is C26H31N3O4S. The maximum Gasteiger partial charge on any atom is 0.247 e. The van der Waals surface area contributed by atoms with Gasteiger partial charge in [0, 0.05) is 38.0 Å². The Balaban J connectivity index is 1.54. The van der Waals surface area contributed by atoms with Crippen molar-refractivity contribution in [2.24, 2.45) is 11.8 Å². The second-order valence-corrected chi connectivity index (χ2v) is 10.9. The zero-order valence-electron chi connectivity index (χ0n) is 19.4. The van der Waals surface area contributed by atoms with Crippen molar-refractivity contribution in [1.29, 1.82) is 0 Å². The minimum atomic E-state index is -0.820. The fourth-order valence-corrected chi connectivity index (χ4v) is 8.01. The molecule has 1 spiro atoms. The zero-order chi connectivity index (χ0) is 23.9. The van der Waals surface area contributed by atoms with Gasteiger partial charge in [-0.2, -0.15) is 0 Å². The standard InChI is InChI=1S/C26H31N3O4S/c1-2-12-27-13-6-10-19-20(23(27)31)21-24(32)29(15-16-30)22-25(33)28(14-7-11-26(21,22)34-19)17-18-8-4-3-5-9-18/h3-11,19-22,30H,2,12-17H2,1H3/t19-,20+,21-,22?,26-/m0/s1. The van der Waals surface area contributed by atoms with Crippen LogP contribution in [0.25, 0.3) is 0 Å². The van der Waals surface area contributed by atoms with E-state index < -0.39 is 22.6 Å². The molecule has 7 nitrogen and oxygen atoms in total. The lowest BCUT2D eigenvalue weighted by atomic mass is 9.78. The van der Waals surface area contributed by atoms with Crippen LogP contribution in [0.2, 0.25) is 0 Å². The van der Waals surface area contributed by atoms with E-state index in [4.69, 9.17) is 0 Å². The number of rotatable bonds is 6. The molecule has 0 aromatic heterocycles. The van der Waals surface area contributed by atoms with E-state index in [-0.39, 0.29) is 36.1 Å². The third-order valence-corrected chi connectivity index (χ3v) is 9.12. The lowest BCUT2D eigenvalue weighted by Gasteiger charge is -2.35. The van der Waals surface area contributed by atoms with Crippen molar-refractivity contribution in [3.05, 3.63) is 60.2 Å². The van der Waals surface area contributed by atoms with E-state index in [0.29, 0.717) is 26.2 Å². The molecule has 1 aromatic rings. The maximum atomic E-state index is 14.0. The van der Waals surface area contributed by atoms with Crippen molar-refractivity contribution in [2.45, 2.75) is 35.9 Å². The van der Waals surface area contributed by atoms with Gasteiger partial charge in [0.15, 0.2) is 0 Å². The molecule has 1 aromatic carbocycles. The van der Waals surface area contributed by atoms with Gasteiger partial charge >= 0.3 is 0 Å². The molecule has 5 atom stereocenters. The SMILES string of the molecule is CCCN1CC=C[C@@H]2S[C@]34C=CCN(Cc5ccccc5)C(=O)C3N(CCO)C(=O)[C@@H]4[C@@H]2C1=O. The summed E-state index contributed by atoms with van der Waals surface area (Å²) in [6.45, 7) is 3.99. The Labute approximate surface area is 204 Å². The molecule has 2 fully saturated rings. The van der Waals surface area contributed by atoms with E-state index in [1.54, 1.807) is 16.7 Å². The summed E-state index contributed by atoms with van der Waals surface area (Å²) in [5.41, 5.74) is 1.02. The number of hydrogen-bond acceptors (Lipinski definition) is 5. The summed E-state index contributed by atoms with van der Waals surface area (Å²) in [5, 5.41) is 9.61. The molecule has 1 N–H and O–H groups in total. The summed E-state index contributed by atoms with van der Waals surface area (Å²) in [6, 6.07) is 9.07. The Kier molecular flexibility index (Phi) is 6.29. The van der Waals surface area contributed by atoms with Gasteiger partial charge in [-0.15, -0.1) is 11.8 Å². The first-order valence-corrected chi connectivity index (χ1v) is 12.9. The first-order valence-electron chi connectivity index (χ1n) is 12.1. The Bertz CT molecular complexity index is 1030. The third kappa shape index (κ3) is 3.58. The highest BCUT2D eigenvalue weighted by Gasteiger charge is 2.70. The number of amides is 3. The van der Waals surface area contributed by atoms with Crippen molar-refractivity contribution < 1.29 is 19.5 Å². The molecule has 3 amide bonds. The van der Waals surface area contributed by atoms with Crippen molar-refractivity contribution in [1.82, 2.24) is 14.7 Å². The molecule has 180 valence electrons. The second kappa shape index (κ2) is 9.23. The fourth-order valence-electron chi connectivity index (χ4n) is 6.00. The predicted octanol–water partition coefficient (Wildman–Crippen LogP) is 1.68. The highest BCUT2D eigenvalue weighted by Crippen LogP contribution is 2.61. The van der Waals surface area contributed by atoms with E-state index >= 15 is 0 Å². The van der Waals surface area contributed by atoms with Gasteiger partial charge in [-0.3, -0.25) is 14.4 Å². The number of aliphatic hydroxyl groups excluding tert-OH is 1. The number of likely N-dealkylation sites (tertiary alicyclic amines) is 1. The minimum absolute atomic E-state index is 0.00425. The zero-order valence-corrected chi connectivity index (χ0v) is 20.2. The number of benzene rings is 1. The molecule has 4 aliphatic heterocycles. The number of hydrogen-bond donors (Lipinski definition) is 1. The van der Waals surface area contributed by atoms with E-state index in [2.05, 4.69) is 6.08 Å². The van der Waals surface area contributed by atoms with Gasteiger partial charge in [-0.05, 0) is 12.0 Å². The van der Waals surface area contributed by atoms with Crippen LogP contribution >= 0.6 is 11.8 Å². The minimum Gasteiger partial charge on any atom is -0.395 e. The van der Waals surface area contributed by atoms with Crippen LogP contribution < -0.4 is 0 Å². The summed E-state index contributed by atoms with van der Waals surface area (Å²) in [7, 11) is 0. The summed E-state index contributed by atoms with van der Waals surface area (Å²) < 4.78 is -0.820. The molecular weight excluding hydrogens is 450 g/mol. The molecule has 4 aliphatic rings. The Hall–Kier alpha value is -2.58. The van der Waals surface area contributed by atoms with Crippen LogP contribution in [-0.4, -0.2) is 86.4 Å². The first kappa shape index (κ1) is 23.2. The second-order valence-electron chi connectivity index (χ2n) is 9.42. The smallest absolute Gasteiger partial charge is 0.247 e. The summed E-state index contributed by atoms with van der Waals surface area (Å²) >= 11 is 1.58. The van der Waals surface area contributed by atoms with E-state index in [1.807, 2.05) is 60.4 Å². The molecule has 5 rings (SSSR count). The van der Waals surface area contributed by atoms with E-state index in [1.165, 1.54) is 4.90 Å². The summed E-state index contributed by atoms with van der Waals surface area (Å²) in [5.74, 6) is -1.45. The van der Waals surface area contributed by atoms with Crippen LogP contribution in [0.3, 0.4) is 0 Å². The van der Waals surface area contributed by atoms with E-state index in [0.717, 1.165) is 12.0 Å². The van der Waals surface area contributed by atoms with Gasteiger partial charge in [0.25, 0.3) is 0 Å². The monoisotopic (exact) mass is 481 g/mol. The van der Waals surface area contributed by atoms with Gasteiger partial charge in [0.2, 0.25) is 17.7 Å². The van der Waals surface area contributed by atoms with Crippen LogP contribution in [0.5, 0.6) is 0 Å². The lowest BCUT2D eigenvalue weighted by molar-refractivity contribution is -0.144. The van der Waals surface area contributed by atoms with Crippen LogP contribution in [0, 0.1) is 11.8 Å². The molecule has 2 saturated heterocycles. The Morgan fingerprint density at radius 3 is 2.50 bits per heavy atom. The van der Waals surface area contributed by atoms with Crippen molar-refractivity contribution in [3.8, 4) is 0 Å². The van der Waals surface area contributed by atoms with Gasteiger partial charge in [0.1, 0.15) is 6.04 Å². The maximum absolute atomic E-state index is 14.0. The number of aliphatic hydroxyl groups is 1. The predicted molar refractivity (Wildman–Crippen MR) is 131 cm³/mol. The van der Waals surface area contributed by atoms with Crippen molar-refractivity contribution in [2.75, 3.05) is 32.8 Å². The van der Waals surface area contributed by atoms with Crippen molar-refractivity contribution in [3.63, 3.8) is 0 Å². The molecule has 0 bridgehead atoms. The lowest BCUT2D eigenvalue weighted by Crippen LogP contribution is -2.53. The number of fused-ring (bicyclic) bond motifs is 2. The summed E-state index contributed by atoms with van der Waals surface area (Å²) in [4.78, 5) is 46.6. The van der Waals surface area contributed by atoms with Crippen LogP contribution in [0.15, 0.2) is 54.6 Å². The van der Waals surface area contributed by atoms with Crippen LogP contribution in [0.4, 0.5) is 0 Å². The summed E-state index contributed by atoms with van der Waals surface area (Å²) in [6.07, 6.45) is 8.93. The van der Waals surface area contributed by atoms with Crippen LogP contribution in [0.1, 0.15) is 18.9 Å². The average molecular weight is 482 g/mol. The first-order chi connectivity index (χ1) is 16.5. The van der Waals surface area contributed by atoms with Crippen LogP contribution in [-0.2, 0) is 20.9 Å². The topological polar surface area (TPSA) is 81.2 Å². The average Bonchev–Trinajstić information content (AvgIpc) is 3.15. The Morgan fingerprint density at radius 2 is 1.76 bits per heavy atom. The number of β-amino-alcohol motifs (C(OH)–C–C–N with tert-alkyl or cyclic N) is 1. The number of thioether (sulfide) groups is 1. The largest absolute Gasteiger partial charge is 0.395 e. The van der Waals surface area contributed by atoms with Gasteiger partial charge in [0.05, 0.1) is 23.2 Å². The van der Waals surface area contributed by atoms with Crippen molar-refractivity contribution >= 4 is 29.5 Å². The third-order valence-electron chi connectivity index (χ3n) is 7.38. The normalized spacial score (nSPS) is 32.5. The molecule has 4 heterocycles. The number of nitrogens with zero attached hydrogens (tertiary/aromatic N) is 3. The van der Waals surface area contributed by atoms with Gasteiger partial charge in [-0.25, -0.2) is 0 Å². The molecule has 0 saturated carbocycles. The Morgan fingerprint density at radius 1 is 1.00 bits per heavy atom. The molecule has 8 heteroatoms. The highest BCUT2D eigenvalue weighted by atomic mass is 32.2. The number of carbonyl (C=O) groups excluding carboxylic acids is 3. The molecule has 0 aliphatic carbocycles. The highest BCUT2D eigenvalue weighted by molar-refractivity contribution is 8.02. The molecule has 34 heavy (non-hydrogen) atoms. The molecule has 1 unspecified atom stereocenters. The number of carbonyl (C=O) groups is 3. The fraction of sp³-hybridized carbons (Fsp3) is 0.500. The molecule has 0 radical (unpaired) electrons. The van der Waals surface area contributed by atoms with Gasteiger partial charge in [-0.1, -0.05) is 61.6 Å². The van der Waals surface area contributed by atoms with Gasteiger partial charge < -0.3 is 19.8 Å². The van der Waals surface area contributed by atoms with E-state index in [9.17, 15) is 19.5 Å².